The normalized spacial score (nSPS) is 20.8. The SMILES string of the molecule is C=CCOc1ccc(CN[C@@H]2CCS(=O)(=O)C2)cc1Cl. The van der Waals surface area contributed by atoms with E-state index < -0.39 is 9.84 Å². The molecule has 0 spiro atoms. The van der Waals surface area contributed by atoms with Crippen molar-refractivity contribution in [3.63, 3.8) is 0 Å². The molecule has 0 saturated carbocycles. The van der Waals surface area contributed by atoms with Crippen molar-refractivity contribution in [3.8, 4) is 5.75 Å². The number of sulfone groups is 1. The Balaban J connectivity index is 1.90. The third-order valence-electron chi connectivity index (χ3n) is 3.18. The standard InChI is InChI=1S/C14H18ClNO3S/c1-2-6-19-14-4-3-11(8-13(14)15)9-16-12-5-7-20(17,18)10-12/h2-4,8,12,16H,1,5-7,9-10H2/t12-/m1/s1. The Hall–Kier alpha value is -1.04. The summed E-state index contributed by atoms with van der Waals surface area (Å²) < 4.78 is 28.1. The van der Waals surface area contributed by atoms with Crippen molar-refractivity contribution in [2.45, 2.75) is 19.0 Å². The highest BCUT2D eigenvalue weighted by atomic mass is 35.5. The van der Waals surface area contributed by atoms with Gasteiger partial charge in [0, 0.05) is 12.6 Å². The van der Waals surface area contributed by atoms with Gasteiger partial charge in [0.2, 0.25) is 0 Å². The molecule has 0 radical (unpaired) electrons. The van der Waals surface area contributed by atoms with E-state index >= 15 is 0 Å². The molecule has 110 valence electrons. The van der Waals surface area contributed by atoms with Gasteiger partial charge < -0.3 is 10.1 Å². The number of hydrogen-bond donors (Lipinski definition) is 1. The van der Waals surface area contributed by atoms with Crippen LogP contribution in [0.15, 0.2) is 30.9 Å². The molecule has 1 aliphatic heterocycles. The van der Waals surface area contributed by atoms with Crippen molar-refractivity contribution in [3.05, 3.63) is 41.4 Å². The van der Waals surface area contributed by atoms with Crippen molar-refractivity contribution in [1.82, 2.24) is 5.32 Å². The molecule has 4 nitrogen and oxygen atoms in total. The van der Waals surface area contributed by atoms with Gasteiger partial charge in [-0.1, -0.05) is 30.3 Å². The second kappa shape index (κ2) is 6.61. The fourth-order valence-corrected chi connectivity index (χ4v) is 4.10. The minimum Gasteiger partial charge on any atom is -0.488 e. The van der Waals surface area contributed by atoms with E-state index in [9.17, 15) is 8.42 Å². The van der Waals surface area contributed by atoms with Crippen LogP contribution >= 0.6 is 11.6 Å². The molecule has 1 aromatic carbocycles. The Morgan fingerprint density at radius 2 is 2.30 bits per heavy atom. The highest BCUT2D eigenvalue weighted by molar-refractivity contribution is 7.91. The van der Waals surface area contributed by atoms with Crippen LogP contribution < -0.4 is 10.1 Å². The molecular weight excluding hydrogens is 298 g/mol. The van der Waals surface area contributed by atoms with Gasteiger partial charge in [0.25, 0.3) is 0 Å². The monoisotopic (exact) mass is 315 g/mol. The van der Waals surface area contributed by atoms with E-state index in [1.54, 1.807) is 6.08 Å². The summed E-state index contributed by atoms with van der Waals surface area (Å²) in [6.45, 7) is 4.59. The first-order valence-corrected chi connectivity index (χ1v) is 8.66. The second-order valence-electron chi connectivity index (χ2n) is 4.85. The van der Waals surface area contributed by atoms with E-state index in [0.29, 0.717) is 30.3 Å². The largest absolute Gasteiger partial charge is 0.488 e. The maximum Gasteiger partial charge on any atom is 0.151 e. The zero-order chi connectivity index (χ0) is 14.6. The Morgan fingerprint density at radius 3 is 2.90 bits per heavy atom. The van der Waals surface area contributed by atoms with E-state index in [1.165, 1.54) is 0 Å². The highest BCUT2D eigenvalue weighted by Gasteiger charge is 2.27. The zero-order valence-electron chi connectivity index (χ0n) is 11.1. The third-order valence-corrected chi connectivity index (χ3v) is 5.24. The molecule has 1 fully saturated rings. The maximum atomic E-state index is 11.4. The Kier molecular flexibility index (Phi) is 5.07. The minimum atomic E-state index is -2.84. The van der Waals surface area contributed by atoms with E-state index in [1.807, 2.05) is 18.2 Å². The summed E-state index contributed by atoms with van der Waals surface area (Å²) >= 11 is 6.12. The van der Waals surface area contributed by atoms with Crippen LogP contribution in [0, 0.1) is 0 Å². The van der Waals surface area contributed by atoms with Crippen molar-refractivity contribution in [2.75, 3.05) is 18.1 Å². The second-order valence-corrected chi connectivity index (χ2v) is 7.48. The molecule has 0 amide bonds. The number of nitrogens with one attached hydrogen (secondary N) is 1. The molecular formula is C14H18ClNO3S. The Morgan fingerprint density at radius 1 is 1.50 bits per heavy atom. The van der Waals surface area contributed by atoms with Crippen LogP contribution in [0.2, 0.25) is 5.02 Å². The topological polar surface area (TPSA) is 55.4 Å². The average Bonchev–Trinajstić information content (AvgIpc) is 2.75. The average molecular weight is 316 g/mol. The van der Waals surface area contributed by atoms with Gasteiger partial charge in [0.05, 0.1) is 16.5 Å². The number of hydrogen-bond acceptors (Lipinski definition) is 4. The third kappa shape index (κ3) is 4.23. The van der Waals surface area contributed by atoms with Gasteiger partial charge in [0.1, 0.15) is 12.4 Å². The van der Waals surface area contributed by atoms with Gasteiger partial charge in [-0.25, -0.2) is 8.42 Å². The van der Waals surface area contributed by atoms with E-state index in [2.05, 4.69) is 11.9 Å². The molecule has 20 heavy (non-hydrogen) atoms. The summed E-state index contributed by atoms with van der Waals surface area (Å²) in [5.74, 6) is 1.12. The summed E-state index contributed by atoms with van der Waals surface area (Å²) in [5.41, 5.74) is 1.00. The van der Waals surface area contributed by atoms with Gasteiger partial charge in [-0.2, -0.15) is 0 Å². The fourth-order valence-electron chi connectivity index (χ4n) is 2.14. The summed E-state index contributed by atoms with van der Waals surface area (Å²) in [6, 6.07) is 5.60. The molecule has 0 bridgehead atoms. The molecule has 0 aliphatic carbocycles. The lowest BCUT2D eigenvalue weighted by molar-refractivity contribution is 0.363. The van der Waals surface area contributed by atoms with Crippen LogP contribution in [-0.4, -0.2) is 32.6 Å². The molecule has 2 rings (SSSR count). The summed E-state index contributed by atoms with van der Waals surface area (Å²) in [5, 5.41) is 3.80. The van der Waals surface area contributed by atoms with Crippen LogP contribution in [0.3, 0.4) is 0 Å². The smallest absolute Gasteiger partial charge is 0.151 e. The predicted molar refractivity (Wildman–Crippen MR) is 81.0 cm³/mol. The first-order chi connectivity index (χ1) is 9.50. The molecule has 1 aromatic rings. The Bertz CT molecular complexity index is 586. The lowest BCUT2D eigenvalue weighted by atomic mass is 10.2. The van der Waals surface area contributed by atoms with Crippen molar-refractivity contribution in [1.29, 1.82) is 0 Å². The summed E-state index contributed by atoms with van der Waals surface area (Å²) in [6.07, 6.45) is 2.34. The number of halogens is 1. The molecule has 6 heteroatoms. The maximum absolute atomic E-state index is 11.4. The number of ether oxygens (including phenoxy) is 1. The van der Waals surface area contributed by atoms with Crippen molar-refractivity contribution >= 4 is 21.4 Å². The minimum absolute atomic E-state index is 0.0375. The van der Waals surface area contributed by atoms with Gasteiger partial charge in [-0.05, 0) is 24.1 Å². The van der Waals surface area contributed by atoms with E-state index in [-0.39, 0.29) is 17.5 Å². The molecule has 1 atom stereocenters. The number of benzene rings is 1. The molecule has 1 saturated heterocycles. The van der Waals surface area contributed by atoms with Gasteiger partial charge in [-0.3, -0.25) is 0 Å². The first kappa shape index (κ1) is 15.4. The van der Waals surface area contributed by atoms with Gasteiger partial charge in [-0.15, -0.1) is 0 Å². The molecule has 0 aromatic heterocycles. The van der Waals surface area contributed by atoms with Gasteiger partial charge in [0.15, 0.2) is 9.84 Å². The lowest BCUT2D eigenvalue weighted by Crippen LogP contribution is -2.29. The highest BCUT2D eigenvalue weighted by Crippen LogP contribution is 2.25. The predicted octanol–water partition coefficient (Wildman–Crippen LogP) is 2.18. The molecule has 1 aliphatic rings. The fraction of sp³-hybridized carbons (Fsp3) is 0.429. The van der Waals surface area contributed by atoms with Crippen LogP contribution in [0.1, 0.15) is 12.0 Å². The summed E-state index contributed by atoms with van der Waals surface area (Å²) in [4.78, 5) is 0. The van der Waals surface area contributed by atoms with E-state index in [0.717, 1.165) is 5.56 Å². The van der Waals surface area contributed by atoms with E-state index in [4.69, 9.17) is 16.3 Å². The van der Waals surface area contributed by atoms with Crippen molar-refractivity contribution in [2.24, 2.45) is 0 Å². The van der Waals surface area contributed by atoms with Gasteiger partial charge >= 0.3 is 0 Å². The number of rotatable bonds is 6. The molecule has 1 heterocycles. The quantitative estimate of drug-likeness (QED) is 0.818. The lowest BCUT2D eigenvalue weighted by Gasteiger charge is -2.12. The van der Waals surface area contributed by atoms with Crippen LogP contribution in [-0.2, 0) is 16.4 Å². The van der Waals surface area contributed by atoms with Crippen LogP contribution in [0.25, 0.3) is 0 Å². The molecule has 1 N–H and O–H groups in total. The van der Waals surface area contributed by atoms with Crippen LogP contribution in [0.5, 0.6) is 5.75 Å². The first-order valence-electron chi connectivity index (χ1n) is 6.46. The van der Waals surface area contributed by atoms with Crippen LogP contribution in [0.4, 0.5) is 0 Å². The van der Waals surface area contributed by atoms with Crippen molar-refractivity contribution < 1.29 is 13.2 Å². The zero-order valence-corrected chi connectivity index (χ0v) is 12.7. The molecule has 0 unspecified atom stereocenters. The Labute approximate surface area is 124 Å². The summed E-state index contributed by atoms with van der Waals surface area (Å²) in [7, 11) is -2.84.